The Bertz CT molecular complexity index is 657. The number of rotatable bonds is 4. The number of hydrogen-bond donors (Lipinski definition) is 1. The molecule has 0 aromatic carbocycles. The van der Waals surface area contributed by atoms with Gasteiger partial charge in [-0.2, -0.15) is 4.91 Å². The third kappa shape index (κ3) is 2.65. The number of nitrogens with zero attached hydrogens (tertiary/aromatic N) is 3. The van der Waals surface area contributed by atoms with Gasteiger partial charge in [-0.1, -0.05) is 19.0 Å². The van der Waals surface area contributed by atoms with Crippen LogP contribution >= 0.6 is 0 Å². The van der Waals surface area contributed by atoms with Crippen molar-refractivity contribution in [1.29, 1.82) is 0 Å². The van der Waals surface area contributed by atoms with E-state index >= 15 is 0 Å². The number of aliphatic hydroxyl groups is 1. The van der Waals surface area contributed by atoms with Crippen molar-refractivity contribution < 1.29 is 5.11 Å². The number of aromatic nitrogens is 2. The smallest absolute Gasteiger partial charge is 0.122 e. The van der Waals surface area contributed by atoms with Crippen LogP contribution in [0.2, 0.25) is 0 Å². The van der Waals surface area contributed by atoms with Gasteiger partial charge in [0, 0.05) is 11.8 Å². The number of hydrogen-bond acceptors (Lipinski definition) is 4. The molecule has 1 saturated carbocycles. The second kappa shape index (κ2) is 6.16. The molecule has 0 aliphatic heterocycles. The molecule has 0 saturated heterocycles. The van der Waals surface area contributed by atoms with E-state index in [1.807, 2.05) is 16.8 Å². The van der Waals surface area contributed by atoms with Crippen molar-refractivity contribution in [3.05, 3.63) is 40.8 Å². The Kier molecular flexibility index (Phi) is 4.25. The molecule has 0 radical (unpaired) electrons. The summed E-state index contributed by atoms with van der Waals surface area (Å²) >= 11 is 0. The lowest BCUT2D eigenvalue weighted by Gasteiger charge is -2.30. The quantitative estimate of drug-likeness (QED) is 0.873. The molecule has 0 bridgehead atoms. The highest BCUT2D eigenvalue weighted by Gasteiger charge is 2.32. The first-order chi connectivity index (χ1) is 10.6. The molecule has 1 aliphatic carbocycles. The van der Waals surface area contributed by atoms with Crippen LogP contribution in [0.15, 0.2) is 30.0 Å². The summed E-state index contributed by atoms with van der Waals surface area (Å²) in [7, 11) is 0. The SMILES string of the molecule is CC(C)c1ccn2cncc2c1C(N=O)C1CCC(O)CC1. The number of imidazole rings is 1. The molecule has 1 atom stereocenters. The monoisotopic (exact) mass is 301 g/mol. The highest BCUT2D eigenvalue weighted by Crippen LogP contribution is 2.41. The van der Waals surface area contributed by atoms with Crippen molar-refractivity contribution in [1.82, 2.24) is 9.38 Å². The minimum absolute atomic E-state index is 0.208. The largest absolute Gasteiger partial charge is 0.393 e. The van der Waals surface area contributed by atoms with Crippen LogP contribution < -0.4 is 0 Å². The van der Waals surface area contributed by atoms with Crippen molar-refractivity contribution >= 4 is 5.52 Å². The summed E-state index contributed by atoms with van der Waals surface area (Å²) in [6.07, 6.45) is 8.57. The van der Waals surface area contributed by atoms with Gasteiger partial charge < -0.3 is 9.51 Å². The van der Waals surface area contributed by atoms with Gasteiger partial charge in [0.2, 0.25) is 0 Å². The molecule has 118 valence electrons. The normalized spacial score (nSPS) is 23.8. The first kappa shape index (κ1) is 15.2. The standard InChI is InChI=1S/C17H23N3O2/c1-11(2)14-7-8-20-10-18-9-15(20)16(14)17(19-22)12-3-5-13(21)6-4-12/h7-13,17,21H,3-6H2,1-2H3. The Labute approximate surface area is 130 Å². The van der Waals surface area contributed by atoms with E-state index in [4.69, 9.17) is 0 Å². The minimum Gasteiger partial charge on any atom is -0.393 e. The van der Waals surface area contributed by atoms with Gasteiger partial charge in [0.05, 0.1) is 24.1 Å². The summed E-state index contributed by atoms with van der Waals surface area (Å²) in [5, 5.41) is 13.2. The Balaban J connectivity index is 2.07. The molecule has 1 aliphatic rings. The van der Waals surface area contributed by atoms with Crippen molar-refractivity contribution in [3.8, 4) is 0 Å². The van der Waals surface area contributed by atoms with E-state index < -0.39 is 0 Å². The molecular formula is C17H23N3O2. The molecule has 22 heavy (non-hydrogen) atoms. The van der Waals surface area contributed by atoms with Gasteiger partial charge in [-0.05, 0) is 49.1 Å². The zero-order valence-corrected chi connectivity index (χ0v) is 13.1. The second-order valence-electron chi connectivity index (χ2n) is 6.64. The van der Waals surface area contributed by atoms with Gasteiger partial charge in [0.15, 0.2) is 0 Å². The number of nitroso groups, excluding NO2 is 1. The van der Waals surface area contributed by atoms with E-state index in [-0.39, 0.29) is 18.1 Å². The van der Waals surface area contributed by atoms with E-state index in [1.165, 1.54) is 5.56 Å². The summed E-state index contributed by atoms with van der Waals surface area (Å²) in [6.45, 7) is 4.27. The number of fused-ring (bicyclic) bond motifs is 1. The first-order valence-electron chi connectivity index (χ1n) is 8.06. The van der Waals surface area contributed by atoms with Crippen molar-refractivity contribution in [2.24, 2.45) is 11.1 Å². The number of pyridine rings is 1. The molecule has 5 nitrogen and oxygen atoms in total. The molecule has 2 aromatic heterocycles. The highest BCUT2D eigenvalue weighted by molar-refractivity contribution is 5.59. The maximum atomic E-state index is 11.7. The van der Waals surface area contributed by atoms with Crippen LogP contribution in [0.5, 0.6) is 0 Å². The van der Waals surface area contributed by atoms with Crippen LogP contribution in [0.3, 0.4) is 0 Å². The fourth-order valence-corrected chi connectivity index (χ4v) is 3.65. The minimum atomic E-state index is -0.356. The van der Waals surface area contributed by atoms with Gasteiger partial charge in [-0.15, -0.1) is 0 Å². The fraction of sp³-hybridized carbons (Fsp3) is 0.588. The predicted octanol–water partition coefficient (Wildman–Crippen LogP) is 3.82. The maximum absolute atomic E-state index is 11.7. The Morgan fingerprint density at radius 2 is 2.05 bits per heavy atom. The van der Waals surface area contributed by atoms with Crippen LogP contribution in [-0.4, -0.2) is 20.6 Å². The molecule has 0 amide bonds. The zero-order chi connectivity index (χ0) is 15.7. The van der Waals surface area contributed by atoms with E-state index in [0.717, 1.165) is 36.8 Å². The molecule has 0 spiro atoms. The average molecular weight is 301 g/mol. The predicted molar refractivity (Wildman–Crippen MR) is 85.8 cm³/mol. The lowest BCUT2D eigenvalue weighted by Crippen LogP contribution is -2.23. The van der Waals surface area contributed by atoms with Crippen molar-refractivity contribution in [2.45, 2.75) is 57.6 Å². The van der Waals surface area contributed by atoms with Gasteiger partial charge in [0.25, 0.3) is 0 Å². The summed E-state index contributed by atoms with van der Waals surface area (Å²) in [5.41, 5.74) is 3.16. The molecular weight excluding hydrogens is 278 g/mol. The van der Waals surface area contributed by atoms with Gasteiger partial charge >= 0.3 is 0 Å². The van der Waals surface area contributed by atoms with Crippen LogP contribution in [-0.2, 0) is 0 Å². The van der Waals surface area contributed by atoms with Crippen LogP contribution in [0.25, 0.3) is 5.52 Å². The lowest BCUT2D eigenvalue weighted by molar-refractivity contribution is 0.102. The average Bonchev–Trinajstić information content (AvgIpc) is 2.98. The molecule has 2 aromatic rings. The highest BCUT2D eigenvalue weighted by atomic mass is 16.3. The Morgan fingerprint density at radius 1 is 1.32 bits per heavy atom. The van der Waals surface area contributed by atoms with Crippen LogP contribution in [0.4, 0.5) is 0 Å². The lowest BCUT2D eigenvalue weighted by atomic mass is 9.78. The summed E-state index contributed by atoms with van der Waals surface area (Å²) < 4.78 is 1.96. The van der Waals surface area contributed by atoms with Crippen molar-refractivity contribution in [2.75, 3.05) is 0 Å². The first-order valence-corrected chi connectivity index (χ1v) is 8.06. The van der Waals surface area contributed by atoms with E-state index in [1.54, 1.807) is 6.33 Å². The number of aliphatic hydroxyl groups excluding tert-OH is 1. The summed E-state index contributed by atoms with van der Waals surface area (Å²) in [4.78, 5) is 15.9. The molecule has 1 fully saturated rings. The van der Waals surface area contributed by atoms with Crippen molar-refractivity contribution in [3.63, 3.8) is 0 Å². The third-order valence-electron chi connectivity index (χ3n) is 4.89. The summed E-state index contributed by atoms with van der Waals surface area (Å²) in [5.74, 6) is 0.535. The molecule has 5 heteroatoms. The molecule has 3 rings (SSSR count). The zero-order valence-electron chi connectivity index (χ0n) is 13.1. The Hall–Kier alpha value is -1.75. The maximum Gasteiger partial charge on any atom is 0.122 e. The van der Waals surface area contributed by atoms with Gasteiger partial charge in [0.1, 0.15) is 6.04 Å². The van der Waals surface area contributed by atoms with Gasteiger partial charge in [-0.25, -0.2) is 4.98 Å². The van der Waals surface area contributed by atoms with E-state index in [9.17, 15) is 10.0 Å². The van der Waals surface area contributed by atoms with Crippen LogP contribution in [0, 0.1) is 10.8 Å². The topological polar surface area (TPSA) is 67.0 Å². The third-order valence-corrected chi connectivity index (χ3v) is 4.89. The van der Waals surface area contributed by atoms with Gasteiger partial charge in [-0.3, -0.25) is 0 Å². The summed E-state index contributed by atoms with van der Waals surface area (Å²) in [6, 6.07) is 1.72. The fourth-order valence-electron chi connectivity index (χ4n) is 3.65. The second-order valence-corrected chi connectivity index (χ2v) is 6.64. The molecule has 2 heterocycles. The Morgan fingerprint density at radius 3 is 2.68 bits per heavy atom. The van der Waals surface area contributed by atoms with E-state index in [2.05, 4.69) is 30.1 Å². The van der Waals surface area contributed by atoms with Crippen LogP contribution in [0.1, 0.15) is 62.6 Å². The molecule has 1 N–H and O–H groups in total. The molecule has 1 unspecified atom stereocenters. The van der Waals surface area contributed by atoms with E-state index in [0.29, 0.717) is 5.92 Å².